The summed E-state index contributed by atoms with van der Waals surface area (Å²) in [7, 11) is 0. The summed E-state index contributed by atoms with van der Waals surface area (Å²) in [5.41, 5.74) is 9.53. The highest BCUT2D eigenvalue weighted by Crippen LogP contribution is 2.36. The first-order chi connectivity index (χ1) is 8.86. The first kappa shape index (κ1) is 11.5. The molecule has 3 rings (SSSR count). The smallest absolute Gasteiger partial charge is 0.0506 e. The highest BCUT2D eigenvalue weighted by Gasteiger charge is 2.33. The molecule has 2 heteroatoms. The van der Waals surface area contributed by atoms with Crippen molar-refractivity contribution in [2.45, 2.75) is 19.0 Å². The van der Waals surface area contributed by atoms with Gasteiger partial charge in [-0.15, -0.1) is 0 Å². The molecule has 0 bridgehead atoms. The lowest BCUT2D eigenvalue weighted by molar-refractivity contribution is 0.466. The molecule has 1 aliphatic heterocycles. The highest BCUT2D eigenvalue weighted by atomic mass is 15.4. The molecule has 0 spiro atoms. The van der Waals surface area contributed by atoms with Gasteiger partial charge in [-0.05, 0) is 17.0 Å². The van der Waals surface area contributed by atoms with Gasteiger partial charge in [0.25, 0.3) is 0 Å². The predicted octanol–water partition coefficient (Wildman–Crippen LogP) is 3.21. The SMILES string of the molecule is CC1C(c2ccccc2)NNC1c1ccccc1. The Hall–Kier alpha value is -1.64. The predicted molar refractivity (Wildman–Crippen MR) is 73.8 cm³/mol. The van der Waals surface area contributed by atoms with E-state index in [0.29, 0.717) is 18.0 Å². The van der Waals surface area contributed by atoms with Gasteiger partial charge in [0.15, 0.2) is 0 Å². The number of hydrogen-bond donors (Lipinski definition) is 2. The zero-order chi connectivity index (χ0) is 12.4. The maximum Gasteiger partial charge on any atom is 0.0506 e. The number of nitrogens with one attached hydrogen (secondary N) is 2. The van der Waals surface area contributed by atoms with E-state index < -0.39 is 0 Å². The van der Waals surface area contributed by atoms with E-state index >= 15 is 0 Å². The van der Waals surface area contributed by atoms with Crippen LogP contribution in [0.4, 0.5) is 0 Å². The van der Waals surface area contributed by atoms with Crippen LogP contribution in [0.5, 0.6) is 0 Å². The summed E-state index contributed by atoms with van der Waals surface area (Å²) < 4.78 is 0. The standard InChI is InChI=1S/C16H18N2/c1-12-15(13-8-4-2-5-9-13)17-18-16(12)14-10-6-3-7-11-14/h2-12,15-18H,1H3. The maximum absolute atomic E-state index is 3.42. The third-order valence-electron chi connectivity index (χ3n) is 3.76. The molecule has 1 fully saturated rings. The van der Waals surface area contributed by atoms with E-state index in [9.17, 15) is 0 Å². The lowest BCUT2D eigenvalue weighted by atomic mass is 9.88. The summed E-state index contributed by atoms with van der Waals surface area (Å²) in [5, 5.41) is 0. The van der Waals surface area contributed by atoms with Gasteiger partial charge in [-0.25, -0.2) is 10.9 Å². The van der Waals surface area contributed by atoms with Crippen LogP contribution in [0.25, 0.3) is 0 Å². The summed E-state index contributed by atoms with van der Waals surface area (Å²) in [6, 6.07) is 22.0. The monoisotopic (exact) mass is 238 g/mol. The molecular weight excluding hydrogens is 220 g/mol. The largest absolute Gasteiger partial charge is 0.249 e. The molecule has 0 amide bonds. The quantitative estimate of drug-likeness (QED) is 0.839. The van der Waals surface area contributed by atoms with Crippen molar-refractivity contribution in [1.82, 2.24) is 10.9 Å². The van der Waals surface area contributed by atoms with E-state index in [2.05, 4.69) is 78.4 Å². The van der Waals surface area contributed by atoms with Crippen molar-refractivity contribution in [3.63, 3.8) is 0 Å². The Bertz CT molecular complexity index is 448. The van der Waals surface area contributed by atoms with Crippen LogP contribution in [-0.2, 0) is 0 Å². The van der Waals surface area contributed by atoms with Gasteiger partial charge in [0.05, 0.1) is 12.1 Å². The second-order valence-corrected chi connectivity index (χ2v) is 4.92. The van der Waals surface area contributed by atoms with Gasteiger partial charge >= 0.3 is 0 Å². The fourth-order valence-electron chi connectivity index (χ4n) is 2.73. The van der Waals surface area contributed by atoms with Gasteiger partial charge in [0.2, 0.25) is 0 Å². The molecule has 2 N–H and O–H groups in total. The lowest BCUT2D eigenvalue weighted by Gasteiger charge is -2.19. The third kappa shape index (κ3) is 2.05. The molecule has 18 heavy (non-hydrogen) atoms. The van der Waals surface area contributed by atoms with E-state index in [1.165, 1.54) is 11.1 Å². The molecule has 2 unspecified atom stereocenters. The highest BCUT2D eigenvalue weighted by molar-refractivity contribution is 5.26. The fraction of sp³-hybridized carbons (Fsp3) is 0.250. The summed E-state index contributed by atoms with van der Waals surface area (Å²) in [6.07, 6.45) is 0. The van der Waals surface area contributed by atoms with Crippen LogP contribution < -0.4 is 10.9 Å². The third-order valence-corrected chi connectivity index (χ3v) is 3.76. The Morgan fingerprint density at radius 1 is 0.667 bits per heavy atom. The van der Waals surface area contributed by atoms with E-state index in [1.54, 1.807) is 0 Å². The number of hydrazine groups is 1. The van der Waals surface area contributed by atoms with E-state index in [4.69, 9.17) is 0 Å². The molecule has 0 aliphatic carbocycles. The average molecular weight is 238 g/mol. The molecule has 1 saturated heterocycles. The van der Waals surface area contributed by atoms with Crippen LogP contribution in [0.15, 0.2) is 60.7 Å². The average Bonchev–Trinajstić information content (AvgIpc) is 2.83. The van der Waals surface area contributed by atoms with Crippen molar-refractivity contribution in [3.05, 3.63) is 71.8 Å². The molecular formula is C16H18N2. The van der Waals surface area contributed by atoms with Crippen molar-refractivity contribution in [2.24, 2.45) is 5.92 Å². The topological polar surface area (TPSA) is 24.1 Å². The molecule has 2 aromatic rings. The van der Waals surface area contributed by atoms with E-state index in [0.717, 1.165) is 0 Å². The van der Waals surface area contributed by atoms with Crippen LogP contribution in [0.3, 0.4) is 0 Å². The van der Waals surface area contributed by atoms with Crippen LogP contribution in [-0.4, -0.2) is 0 Å². The molecule has 0 saturated carbocycles. The second-order valence-electron chi connectivity index (χ2n) is 4.92. The van der Waals surface area contributed by atoms with Crippen LogP contribution >= 0.6 is 0 Å². The molecule has 1 heterocycles. The first-order valence-electron chi connectivity index (χ1n) is 6.47. The zero-order valence-corrected chi connectivity index (χ0v) is 10.5. The lowest BCUT2D eigenvalue weighted by Crippen LogP contribution is -2.26. The number of rotatable bonds is 2. The Labute approximate surface area is 108 Å². The summed E-state index contributed by atoms with van der Waals surface area (Å²) >= 11 is 0. The molecule has 2 atom stereocenters. The van der Waals surface area contributed by atoms with Crippen molar-refractivity contribution >= 4 is 0 Å². The zero-order valence-electron chi connectivity index (χ0n) is 10.5. The minimum Gasteiger partial charge on any atom is -0.249 e. The molecule has 2 nitrogen and oxygen atoms in total. The Morgan fingerprint density at radius 3 is 1.44 bits per heavy atom. The molecule has 0 radical (unpaired) electrons. The summed E-state index contributed by atoms with van der Waals surface area (Å²) in [4.78, 5) is 0. The van der Waals surface area contributed by atoms with Crippen molar-refractivity contribution < 1.29 is 0 Å². The van der Waals surface area contributed by atoms with Gasteiger partial charge in [-0.2, -0.15) is 0 Å². The Balaban J connectivity index is 1.83. The van der Waals surface area contributed by atoms with Gasteiger partial charge < -0.3 is 0 Å². The minimum atomic E-state index is 0.372. The van der Waals surface area contributed by atoms with Gasteiger partial charge in [-0.3, -0.25) is 0 Å². The van der Waals surface area contributed by atoms with Crippen molar-refractivity contribution in [3.8, 4) is 0 Å². The Morgan fingerprint density at radius 2 is 1.06 bits per heavy atom. The van der Waals surface area contributed by atoms with Crippen LogP contribution in [0.1, 0.15) is 30.1 Å². The van der Waals surface area contributed by atoms with Gasteiger partial charge in [0.1, 0.15) is 0 Å². The second kappa shape index (κ2) is 4.92. The summed E-state index contributed by atoms with van der Waals surface area (Å²) in [5.74, 6) is 0.523. The van der Waals surface area contributed by atoms with Gasteiger partial charge in [-0.1, -0.05) is 67.6 Å². The van der Waals surface area contributed by atoms with Crippen molar-refractivity contribution in [1.29, 1.82) is 0 Å². The van der Waals surface area contributed by atoms with Crippen molar-refractivity contribution in [2.75, 3.05) is 0 Å². The maximum atomic E-state index is 3.42. The first-order valence-corrected chi connectivity index (χ1v) is 6.47. The molecule has 1 aliphatic rings. The number of benzene rings is 2. The molecule has 0 aromatic heterocycles. The van der Waals surface area contributed by atoms with Gasteiger partial charge in [0, 0.05) is 0 Å². The van der Waals surface area contributed by atoms with E-state index in [-0.39, 0.29) is 0 Å². The Kier molecular flexibility index (Phi) is 3.13. The number of hydrogen-bond acceptors (Lipinski definition) is 2. The molecule has 92 valence electrons. The minimum absolute atomic E-state index is 0.372. The van der Waals surface area contributed by atoms with Crippen LogP contribution in [0, 0.1) is 5.92 Å². The van der Waals surface area contributed by atoms with Crippen LogP contribution in [0.2, 0.25) is 0 Å². The molecule has 2 aromatic carbocycles. The normalized spacial score (nSPS) is 27.3. The fourth-order valence-corrected chi connectivity index (χ4v) is 2.73. The van der Waals surface area contributed by atoms with E-state index in [1.807, 2.05) is 0 Å². The summed E-state index contributed by atoms with van der Waals surface area (Å²) in [6.45, 7) is 2.29.